The topological polar surface area (TPSA) is 71.9 Å². The monoisotopic (exact) mass is 337 g/mol. The molecule has 7 heteroatoms. The Morgan fingerprint density at radius 1 is 1.27 bits per heavy atom. The van der Waals surface area contributed by atoms with E-state index in [0.29, 0.717) is 15.7 Å². The number of hydrogen-bond donors (Lipinski definition) is 2. The highest BCUT2D eigenvalue weighted by molar-refractivity contribution is 7.06. The van der Waals surface area contributed by atoms with Crippen molar-refractivity contribution in [2.75, 3.05) is 5.73 Å². The first-order valence-corrected chi connectivity index (χ1v) is 8.54. The van der Waals surface area contributed by atoms with E-state index in [1.807, 2.05) is 12.1 Å². The summed E-state index contributed by atoms with van der Waals surface area (Å²) in [6.45, 7) is 0. The molecule has 3 N–H and O–H groups in total. The first kappa shape index (κ1) is 15.2. The Morgan fingerprint density at radius 3 is 2.64 bits per heavy atom. The number of aromatic nitrogens is 2. The zero-order valence-electron chi connectivity index (χ0n) is 12.1. The van der Waals surface area contributed by atoms with Crippen molar-refractivity contribution in [1.29, 1.82) is 0 Å². The number of nitrogen functional groups attached to an aromatic ring is 1. The molecule has 1 saturated carbocycles. The van der Waals surface area contributed by atoms with E-state index in [2.05, 4.69) is 10.4 Å². The van der Waals surface area contributed by atoms with E-state index in [1.165, 1.54) is 30.8 Å². The summed E-state index contributed by atoms with van der Waals surface area (Å²) in [5, 5.41) is 8.45. The standard InChI is InChI=1S/C15H17ClN4OS/c16-10-6-8-12(9-7-10)20-19-13(14(17)22-20)15(21)18-11-4-2-1-3-5-11/h6-9,11,17H,1-5H2,(H,18,21)/p+1. The SMILES string of the molecule is Nc1s[n+](-c2ccc(Cl)cc2)nc1C(=O)NC1CCCCC1. The lowest BCUT2D eigenvalue weighted by atomic mass is 9.95. The van der Waals surface area contributed by atoms with Gasteiger partial charge in [0, 0.05) is 32.4 Å². The molecule has 0 bridgehead atoms. The average molecular weight is 338 g/mol. The van der Waals surface area contributed by atoms with Gasteiger partial charge in [0.05, 0.1) is 0 Å². The fourth-order valence-electron chi connectivity index (χ4n) is 2.63. The van der Waals surface area contributed by atoms with Crippen LogP contribution < -0.4 is 15.1 Å². The maximum atomic E-state index is 12.4. The summed E-state index contributed by atoms with van der Waals surface area (Å²) in [4.78, 5) is 12.4. The molecule has 0 spiro atoms. The van der Waals surface area contributed by atoms with Gasteiger partial charge < -0.3 is 11.1 Å². The van der Waals surface area contributed by atoms with Gasteiger partial charge in [0.25, 0.3) is 11.6 Å². The third-order valence-corrected chi connectivity index (χ3v) is 4.92. The summed E-state index contributed by atoms with van der Waals surface area (Å²) in [6.07, 6.45) is 5.66. The van der Waals surface area contributed by atoms with E-state index in [1.54, 1.807) is 16.2 Å². The van der Waals surface area contributed by atoms with Gasteiger partial charge in [-0.3, -0.25) is 4.79 Å². The van der Waals surface area contributed by atoms with Gasteiger partial charge in [-0.1, -0.05) is 30.9 Å². The molecule has 0 saturated heterocycles. The van der Waals surface area contributed by atoms with Gasteiger partial charge in [0.2, 0.25) is 5.69 Å². The van der Waals surface area contributed by atoms with E-state index in [0.717, 1.165) is 18.5 Å². The highest BCUT2D eigenvalue weighted by Crippen LogP contribution is 2.19. The van der Waals surface area contributed by atoms with Crippen LogP contribution in [0, 0.1) is 0 Å². The predicted molar refractivity (Wildman–Crippen MR) is 87.4 cm³/mol. The maximum Gasteiger partial charge on any atom is 0.279 e. The molecule has 1 aromatic carbocycles. The van der Waals surface area contributed by atoms with Crippen LogP contribution >= 0.6 is 23.1 Å². The molecule has 1 fully saturated rings. The third kappa shape index (κ3) is 3.39. The Bertz CT molecular complexity index is 665. The summed E-state index contributed by atoms with van der Waals surface area (Å²) >= 11 is 7.12. The Morgan fingerprint density at radius 2 is 1.95 bits per heavy atom. The second-order valence-electron chi connectivity index (χ2n) is 5.46. The molecule has 2 aromatic rings. The quantitative estimate of drug-likeness (QED) is 0.846. The number of nitrogens with zero attached hydrogens (tertiary/aromatic N) is 2. The predicted octanol–water partition coefficient (Wildman–Crippen LogP) is 2.72. The highest BCUT2D eigenvalue weighted by atomic mass is 35.5. The number of halogens is 1. The van der Waals surface area contributed by atoms with Crippen LogP contribution in [0.3, 0.4) is 0 Å². The Labute approximate surface area is 138 Å². The lowest BCUT2D eigenvalue weighted by Gasteiger charge is -2.21. The van der Waals surface area contributed by atoms with Crippen molar-refractivity contribution >= 4 is 34.0 Å². The van der Waals surface area contributed by atoms with E-state index in [9.17, 15) is 4.79 Å². The fourth-order valence-corrected chi connectivity index (χ4v) is 3.52. The lowest BCUT2D eigenvalue weighted by molar-refractivity contribution is -0.588. The summed E-state index contributed by atoms with van der Waals surface area (Å²) in [5.41, 5.74) is 7.09. The van der Waals surface area contributed by atoms with Gasteiger partial charge in [-0.2, -0.15) is 0 Å². The van der Waals surface area contributed by atoms with Gasteiger partial charge in [-0.15, -0.1) is 0 Å². The van der Waals surface area contributed by atoms with Crippen LogP contribution in [-0.4, -0.2) is 17.0 Å². The van der Waals surface area contributed by atoms with Gasteiger partial charge in [0.15, 0.2) is 16.5 Å². The fraction of sp³-hybridized carbons (Fsp3) is 0.400. The third-order valence-electron chi connectivity index (χ3n) is 3.81. The Hall–Kier alpha value is -1.66. The first-order chi connectivity index (χ1) is 10.6. The molecule has 116 valence electrons. The molecule has 22 heavy (non-hydrogen) atoms. The molecule has 1 heterocycles. The van der Waals surface area contributed by atoms with Crippen molar-refractivity contribution in [2.45, 2.75) is 38.1 Å². The number of amides is 1. The van der Waals surface area contributed by atoms with E-state index in [-0.39, 0.29) is 11.9 Å². The highest BCUT2D eigenvalue weighted by Gasteiger charge is 2.26. The minimum Gasteiger partial charge on any atom is -0.384 e. The second kappa shape index (κ2) is 6.62. The largest absolute Gasteiger partial charge is 0.384 e. The van der Waals surface area contributed by atoms with Crippen LogP contribution in [-0.2, 0) is 0 Å². The lowest BCUT2D eigenvalue weighted by Crippen LogP contribution is -2.38. The molecular weight excluding hydrogens is 320 g/mol. The average Bonchev–Trinajstić information content (AvgIpc) is 2.91. The molecule has 5 nitrogen and oxygen atoms in total. The first-order valence-electron chi connectivity index (χ1n) is 7.39. The minimum atomic E-state index is -0.187. The van der Waals surface area contributed by atoms with Crippen molar-refractivity contribution in [3.63, 3.8) is 0 Å². The van der Waals surface area contributed by atoms with Gasteiger partial charge in [-0.05, 0) is 25.0 Å². The number of anilines is 1. The maximum absolute atomic E-state index is 12.4. The second-order valence-corrected chi connectivity index (χ2v) is 6.87. The molecule has 0 atom stereocenters. The minimum absolute atomic E-state index is 0.187. The molecule has 3 rings (SSSR count). The number of benzene rings is 1. The summed E-state index contributed by atoms with van der Waals surface area (Å²) < 4.78 is 1.64. The molecule has 1 aliphatic carbocycles. The summed E-state index contributed by atoms with van der Waals surface area (Å²) in [6, 6.07) is 7.49. The van der Waals surface area contributed by atoms with Gasteiger partial charge >= 0.3 is 0 Å². The molecular formula is C15H18ClN4OS+. The molecule has 0 radical (unpaired) electrons. The molecule has 0 unspecified atom stereocenters. The van der Waals surface area contributed by atoms with Crippen LogP contribution in [0.1, 0.15) is 42.6 Å². The summed E-state index contributed by atoms with van der Waals surface area (Å²) in [7, 11) is 0. The number of nitrogens with one attached hydrogen (secondary N) is 1. The van der Waals surface area contributed by atoms with Crippen LogP contribution in [0.4, 0.5) is 5.00 Å². The Kier molecular flexibility index (Phi) is 4.59. The Balaban J connectivity index is 1.76. The zero-order valence-corrected chi connectivity index (χ0v) is 13.7. The number of nitrogens with two attached hydrogens (primary N) is 1. The van der Waals surface area contributed by atoms with Crippen LogP contribution in [0.2, 0.25) is 5.02 Å². The molecule has 1 aliphatic rings. The van der Waals surface area contributed by atoms with Gasteiger partial charge in [-0.25, -0.2) is 0 Å². The van der Waals surface area contributed by atoms with Crippen molar-refractivity contribution < 1.29 is 8.87 Å². The van der Waals surface area contributed by atoms with E-state index >= 15 is 0 Å². The zero-order chi connectivity index (χ0) is 15.5. The molecule has 1 amide bonds. The number of rotatable bonds is 3. The van der Waals surface area contributed by atoms with Crippen LogP contribution in [0.5, 0.6) is 0 Å². The van der Waals surface area contributed by atoms with E-state index < -0.39 is 0 Å². The number of carbonyl (C=O) groups is 1. The van der Waals surface area contributed by atoms with Crippen molar-refractivity contribution in [2.24, 2.45) is 0 Å². The van der Waals surface area contributed by atoms with Crippen molar-refractivity contribution in [3.8, 4) is 5.69 Å². The number of carbonyl (C=O) groups excluding carboxylic acids is 1. The van der Waals surface area contributed by atoms with Crippen molar-refractivity contribution in [3.05, 3.63) is 35.0 Å². The molecule has 0 aliphatic heterocycles. The smallest absolute Gasteiger partial charge is 0.279 e. The molecule has 1 aromatic heterocycles. The summed E-state index contributed by atoms with van der Waals surface area (Å²) in [5.74, 6) is -0.187. The number of hydrogen-bond acceptors (Lipinski definition) is 4. The van der Waals surface area contributed by atoms with Gasteiger partial charge in [0.1, 0.15) is 0 Å². The van der Waals surface area contributed by atoms with Crippen LogP contribution in [0.15, 0.2) is 24.3 Å². The van der Waals surface area contributed by atoms with Crippen LogP contribution in [0.25, 0.3) is 5.69 Å². The van der Waals surface area contributed by atoms with E-state index in [4.69, 9.17) is 17.3 Å². The normalized spacial score (nSPS) is 15.7. The van der Waals surface area contributed by atoms with Crippen molar-refractivity contribution in [1.82, 2.24) is 10.4 Å².